The third kappa shape index (κ3) is 3.72. The quantitative estimate of drug-likeness (QED) is 0.611. The highest BCUT2D eigenvalue weighted by Gasteiger charge is 2.22. The van der Waals surface area contributed by atoms with Gasteiger partial charge in [-0.15, -0.1) is 0 Å². The average molecular weight is 302 g/mol. The van der Waals surface area contributed by atoms with Crippen LogP contribution in [0.1, 0.15) is 13.8 Å². The van der Waals surface area contributed by atoms with Gasteiger partial charge in [0, 0.05) is 19.2 Å². The van der Waals surface area contributed by atoms with Crippen LogP contribution in [0.25, 0.3) is 0 Å². The van der Waals surface area contributed by atoms with Gasteiger partial charge in [0.25, 0.3) is 5.69 Å². The number of hydrogen-bond acceptors (Lipinski definition) is 4. The Hall–Kier alpha value is -1.51. The van der Waals surface area contributed by atoms with E-state index in [-0.39, 0.29) is 21.7 Å². The van der Waals surface area contributed by atoms with Gasteiger partial charge in [-0.3, -0.25) is 10.1 Å². The molecule has 0 saturated carbocycles. The minimum atomic E-state index is -0.503. The van der Waals surface area contributed by atoms with Gasteiger partial charge in [0.1, 0.15) is 5.69 Å². The third-order valence-corrected chi connectivity index (χ3v) is 3.37. The number of halogens is 2. The van der Waals surface area contributed by atoms with Crippen molar-refractivity contribution in [1.82, 2.24) is 0 Å². The molecule has 5 nitrogen and oxygen atoms in total. The SMILES string of the molecule is CCN(CC(C)C#N)c1cc(Cl)c(Cl)cc1[N+](=O)[O-]. The van der Waals surface area contributed by atoms with Crippen molar-refractivity contribution in [2.45, 2.75) is 13.8 Å². The first-order chi connectivity index (χ1) is 8.90. The predicted octanol–water partition coefficient (Wildman–Crippen LogP) is 3.89. The predicted molar refractivity (Wildman–Crippen MR) is 75.8 cm³/mol. The van der Waals surface area contributed by atoms with Crippen molar-refractivity contribution < 1.29 is 4.92 Å². The van der Waals surface area contributed by atoms with E-state index in [4.69, 9.17) is 28.5 Å². The Morgan fingerprint density at radius 1 is 1.47 bits per heavy atom. The van der Waals surface area contributed by atoms with Gasteiger partial charge in [-0.25, -0.2) is 0 Å². The maximum absolute atomic E-state index is 11.1. The lowest BCUT2D eigenvalue weighted by molar-refractivity contribution is -0.384. The number of nitriles is 1. The lowest BCUT2D eigenvalue weighted by atomic mass is 10.1. The van der Waals surface area contributed by atoms with E-state index in [1.165, 1.54) is 12.1 Å². The molecule has 102 valence electrons. The number of anilines is 1. The molecular formula is C12H13Cl2N3O2. The summed E-state index contributed by atoms with van der Waals surface area (Å²) < 4.78 is 0. The van der Waals surface area contributed by atoms with Gasteiger partial charge in [-0.2, -0.15) is 5.26 Å². The molecular weight excluding hydrogens is 289 g/mol. The molecule has 1 rings (SSSR count). The summed E-state index contributed by atoms with van der Waals surface area (Å²) in [4.78, 5) is 12.3. The molecule has 0 aliphatic heterocycles. The van der Waals surface area contributed by atoms with E-state index in [0.717, 1.165) is 0 Å². The number of nitrogens with zero attached hydrogens (tertiary/aromatic N) is 3. The van der Waals surface area contributed by atoms with Gasteiger partial charge in [-0.1, -0.05) is 23.2 Å². The molecule has 1 aromatic rings. The summed E-state index contributed by atoms with van der Waals surface area (Å²) in [5, 5.41) is 20.3. The zero-order valence-corrected chi connectivity index (χ0v) is 12.1. The van der Waals surface area contributed by atoms with Crippen molar-refractivity contribution in [3.05, 3.63) is 32.3 Å². The Morgan fingerprint density at radius 3 is 2.53 bits per heavy atom. The van der Waals surface area contributed by atoms with Gasteiger partial charge in [0.15, 0.2) is 0 Å². The monoisotopic (exact) mass is 301 g/mol. The van der Waals surface area contributed by atoms with Crippen LogP contribution in [0.15, 0.2) is 12.1 Å². The summed E-state index contributed by atoms with van der Waals surface area (Å²) in [6, 6.07) is 4.81. The van der Waals surface area contributed by atoms with E-state index in [2.05, 4.69) is 6.07 Å². The van der Waals surface area contributed by atoms with E-state index in [9.17, 15) is 10.1 Å². The van der Waals surface area contributed by atoms with Gasteiger partial charge in [0.2, 0.25) is 0 Å². The number of benzene rings is 1. The highest BCUT2D eigenvalue weighted by Crippen LogP contribution is 2.36. The second kappa shape index (κ2) is 6.60. The van der Waals surface area contributed by atoms with Crippen molar-refractivity contribution in [2.75, 3.05) is 18.0 Å². The van der Waals surface area contributed by atoms with Crippen LogP contribution >= 0.6 is 23.2 Å². The van der Waals surface area contributed by atoms with Gasteiger partial charge >= 0.3 is 0 Å². The minimum absolute atomic E-state index is 0.110. The van der Waals surface area contributed by atoms with Crippen molar-refractivity contribution in [1.29, 1.82) is 5.26 Å². The molecule has 0 saturated heterocycles. The van der Waals surface area contributed by atoms with E-state index in [1.54, 1.807) is 11.8 Å². The lowest BCUT2D eigenvalue weighted by Crippen LogP contribution is -2.28. The molecule has 0 N–H and O–H groups in total. The van der Waals surface area contributed by atoms with Crippen LogP contribution in [0.4, 0.5) is 11.4 Å². The molecule has 0 spiro atoms. The molecule has 0 radical (unpaired) electrons. The molecule has 1 unspecified atom stereocenters. The number of nitro groups is 1. The first-order valence-electron chi connectivity index (χ1n) is 5.68. The zero-order chi connectivity index (χ0) is 14.6. The Balaban J connectivity index is 3.26. The molecule has 0 aliphatic carbocycles. The van der Waals surface area contributed by atoms with Gasteiger partial charge in [-0.05, 0) is 19.9 Å². The molecule has 1 atom stereocenters. The van der Waals surface area contributed by atoms with E-state index < -0.39 is 4.92 Å². The maximum Gasteiger partial charge on any atom is 0.294 e. The normalized spacial score (nSPS) is 11.7. The van der Waals surface area contributed by atoms with E-state index >= 15 is 0 Å². The van der Waals surface area contributed by atoms with Crippen molar-refractivity contribution in [3.8, 4) is 6.07 Å². The Morgan fingerprint density at radius 2 is 2.05 bits per heavy atom. The first-order valence-corrected chi connectivity index (χ1v) is 6.44. The highest BCUT2D eigenvalue weighted by atomic mass is 35.5. The van der Waals surface area contributed by atoms with Crippen LogP contribution in [0.3, 0.4) is 0 Å². The highest BCUT2D eigenvalue weighted by molar-refractivity contribution is 6.42. The fourth-order valence-corrected chi connectivity index (χ4v) is 2.01. The van der Waals surface area contributed by atoms with Gasteiger partial charge in [0.05, 0.1) is 27.0 Å². The zero-order valence-electron chi connectivity index (χ0n) is 10.6. The van der Waals surface area contributed by atoms with Crippen LogP contribution in [0.5, 0.6) is 0 Å². The summed E-state index contributed by atoms with van der Waals surface area (Å²) in [7, 11) is 0. The second-order valence-electron chi connectivity index (χ2n) is 4.08. The number of nitro benzene ring substituents is 1. The maximum atomic E-state index is 11.1. The standard InChI is InChI=1S/C12H13Cl2N3O2/c1-3-16(7-8(2)6-15)11-4-9(13)10(14)5-12(11)17(18)19/h4-5,8H,3,7H2,1-2H3. The fourth-order valence-electron chi connectivity index (χ4n) is 1.69. The second-order valence-corrected chi connectivity index (χ2v) is 4.90. The molecule has 7 heteroatoms. The van der Waals surface area contributed by atoms with Crippen LogP contribution < -0.4 is 4.90 Å². The van der Waals surface area contributed by atoms with E-state index in [1.807, 2.05) is 6.92 Å². The molecule has 0 aliphatic rings. The summed E-state index contributed by atoms with van der Waals surface area (Å²) >= 11 is 11.7. The fraction of sp³-hybridized carbons (Fsp3) is 0.417. The largest absolute Gasteiger partial charge is 0.365 e. The first kappa shape index (κ1) is 15.5. The van der Waals surface area contributed by atoms with Crippen molar-refractivity contribution in [2.24, 2.45) is 5.92 Å². The van der Waals surface area contributed by atoms with Crippen LogP contribution in [-0.4, -0.2) is 18.0 Å². The third-order valence-electron chi connectivity index (χ3n) is 2.65. The van der Waals surface area contributed by atoms with Crippen LogP contribution in [-0.2, 0) is 0 Å². The van der Waals surface area contributed by atoms with Crippen molar-refractivity contribution in [3.63, 3.8) is 0 Å². The summed E-state index contributed by atoms with van der Waals surface area (Å²) in [5.41, 5.74) is 0.269. The van der Waals surface area contributed by atoms with Crippen LogP contribution in [0.2, 0.25) is 10.0 Å². The Bertz CT molecular complexity index is 528. The number of rotatable bonds is 5. The summed E-state index contributed by atoms with van der Waals surface area (Å²) in [5.74, 6) is -0.242. The molecule has 0 aromatic heterocycles. The smallest absolute Gasteiger partial charge is 0.294 e. The minimum Gasteiger partial charge on any atom is -0.365 e. The topological polar surface area (TPSA) is 70.2 Å². The average Bonchev–Trinajstić information content (AvgIpc) is 2.38. The van der Waals surface area contributed by atoms with Gasteiger partial charge < -0.3 is 4.90 Å². The lowest BCUT2D eigenvalue weighted by Gasteiger charge is -2.24. The molecule has 19 heavy (non-hydrogen) atoms. The molecule has 0 bridgehead atoms. The van der Waals surface area contributed by atoms with Crippen LogP contribution in [0, 0.1) is 27.4 Å². The molecule has 0 amide bonds. The van der Waals surface area contributed by atoms with E-state index in [0.29, 0.717) is 18.8 Å². The Labute approximate surface area is 121 Å². The Kier molecular flexibility index (Phi) is 5.40. The number of hydrogen-bond donors (Lipinski definition) is 0. The van der Waals surface area contributed by atoms with Crippen molar-refractivity contribution >= 4 is 34.6 Å². The summed E-state index contributed by atoms with van der Waals surface area (Å²) in [6.07, 6.45) is 0. The molecule has 1 aromatic carbocycles. The molecule has 0 heterocycles. The molecule has 0 fully saturated rings. The summed E-state index contributed by atoms with van der Waals surface area (Å²) in [6.45, 7) is 4.54.